The van der Waals surface area contributed by atoms with Crippen LogP contribution in [0.25, 0.3) is 11.0 Å². The second kappa shape index (κ2) is 14.5. The molecule has 0 saturated heterocycles. The van der Waals surface area contributed by atoms with E-state index in [9.17, 15) is 13.8 Å². The maximum Gasteiger partial charge on any atom is 0.256 e. The monoisotopic (exact) mass is 647 g/mol. The normalized spacial score (nSPS) is 15.0. The van der Waals surface area contributed by atoms with Crippen molar-refractivity contribution >= 4 is 56.8 Å². The lowest BCUT2D eigenvalue weighted by Gasteiger charge is -2.24. The van der Waals surface area contributed by atoms with E-state index in [1.807, 2.05) is 6.07 Å². The minimum Gasteiger partial charge on any atom is -0.366 e. The van der Waals surface area contributed by atoms with E-state index in [0.717, 1.165) is 12.8 Å². The van der Waals surface area contributed by atoms with Crippen molar-refractivity contribution in [1.29, 1.82) is 0 Å². The average Bonchev–Trinajstić information content (AvgIpc) is 3.55. The molecule has 9 nitrogen and oxygen atoms in total. The lowest BCUT2D eigenvalue weighted by atomic mass is 10.1. The molecule has 0 fully saturated rings. The molecule has 2 heterocycles. The second-order valence-electron chi connectivity index (χ2n) is 11.5. The van der Waals surface area contributed by atoms with Crippen molar-refractivity contribution in [2.24, 2.45) is 5.10 Å². The number of amides is 2. The molecule has 0 spiro atoms. The number of rotatable bonds is 13. The Morgan fingerprint density at radius 3 is 2.49 bits per heavy atom. The zero-order valence-corrected chi connectivity index (χ0v) is 27.3. The quantitative estimate of drug-likeness (QED) is 0.149. The molecule has 4 aromatic rings. The number of halogens is 1. The molecule has 1 aromatic heterocycles. The van der Waals surface area contributed by atoms with Crippen LogP contribution in [0.15, 0.2) is 82.8 Å². The highest BCUT2D eigenvalue weighted by atomic mass is 35.5. The number of fused-ring (bicyclic) bond motifs is 3. The van der Waals surface area contributed by atoms with Crippen LogP contribution in [0.2, 0.25) is 5.02 Å². The molecule has 2 atom stereocenters. The first-order chi connectivity index (χ1) is 21.7. The molecule has 2 N–H and O–H groups in total. The van der Waals surface area contributed by atoms with E-state index in [-0.39, 0.29) is 11.7 Å². The van der Waals surface area contributed by atoms with E-state index in [1.165, 1.54) is 25.7 Å². The van der Waals surface area contributed by atoms with E-state index in [2.05, 4.69) is 22.7 Å². The highest BCUT2D eigenvalue weighted by Crippen LogP contribution is 2.34. The Morgan fingerprint density at radius 2 is 1.71 bits per heavy atom. The summed E-state index contributed by atoms with van der Waals surface area (Å²) in [4.78, 5) is 31.9. The molecule has 0 radical (unpaired) electrons. The summed E-state index contributed by atoms with van der Waals surface area (Å²) in [5.41, 5.74) is 1.00. The van der Waals surface area contributed by atoms with Gasteiger partial charge in [0.25, 0.3) is 11.8 Å². The number of ether oxygens (including phenoxy) is 1. The largest absolute Gasteiger partial charge is 0.366 e. The van der Waals surface area contributed by atoms with Crippen LogP contribution < -0.4 is 10.6 Å². The van der Waals surface area contributed by atoms with Gasteiger partial charge in [-0.2, -0.15) is 5.10 Å². The first-order valence-corrected chi connectivity index (χ1v) is 16.9. The number of carbonyl (C=O) groups excluding carboxylic acids is 2. The smallest absolute Gasteiger partial charge is 0.256 e. The summed E-state index contributed by atoms with van der Waals surface area (Å²) >= 11 is 6.25. The zero-order valence-electron chi connectivity index (χ0n) is 25.7. The molecular formula is C34H38ClN5O4S. The number of carbonyl (C=O) groups is 2. The third-order valence-corrected chi connectivity index (χ3v) is 9.46. The van der Waals surface area contributed by atoms with E-state index in [4.69, 9.17) is 21.3 Å². The molecule has 2 unspecified atom stereocenters. The van der Waals surface area contributed by atoms with Crippen LogP contribution in [0.4, 0.5) is 5.69 Å². The lowest BCUT2D eigenvalue weighted by molar-refractivity contribution is -0.137. The molecule has 11 heteroatoms. The van der Waals surface area contributed by atoms with Crippen molar-refractivity contribution in [1.82, 2.24) is 15.0 Å². The van der Waals surface area contributed by atoms with Gasteiger partial charge >= 0.3 is 0 Å². The highest BCUT2D eigenvalue weighted by molar-refractivity contribution is 7.86. The number of amidine groups is 1. The summed E-state index contributed by atoms with van der Waals surface area (Å²) in [5.74, 6) is -0.133. The van der Waals surface area contributed by atoms with Crippen LogP contribution in [0.1, 0.15) is 80.7 Å². The first-order valence-electron chi connectivity index (χ1n) is 15.3. The number of nitrogens with one attached hydrogen (secondary N) is 2. The van der Waals surface area contributed by atoms with Crippen molar-refractivity contribution in [3.8, 4) is 0 Å². The fraction of sp³-hybridized carbons (Fsp3) is 0.353. The van der Waals surface area contributed by atoms with Gasteiger partial charge in [0.2, 0.25) is 0 Å². The van der Waals surface area contributed by atoms with Crippen LogP contribution in [0, 0.1) is 0 Å². The number of nitrogens with zero attached hydrogens (tertiary/aromatic N) is 3. The molecule has 0 bridgehead atoms. The van der Waals surface area contributed by atoms with Gasteiger partial charge in [0, 0.05) is 27.8 Å². The molecule has 1 aliphatic heterocycles. The Labute approximate surface area is 270 Å². The Morgan fingerprint density at radius 1 is 0.956 bits per heavy atom. The van der Waals surface area contributed by atoms with Crippen LogP contribution in [0.3, 0.4) is 0 Å². The van der Waals surface area contributed by atoms with E-state index in [1.54, 1.807) is 85.3 Å². The maximum absolute atomic E-state index is 13.8. The molecule has 2 amide bonds. The van der Waals surface area contributed by atoms with Gasteiger partial charge in [0.1, 0.15) is 5.60 Å². The lowest BCUT2D eigenvalue weighted by Crippen LogP contribution is -2.40. The predicted octanol–water partition coefficient (Wildman–Crippen LogP) is 7.24. The molecule has 1 aliphatic rings. The van der Waals surface area contributed by atoms with Gasteiger partial charge in [-0.25, -0.2) is 9.66 Å². The summed E-state index contributed by atoms with van der Waals surface area (Å²) in [6, 6.07) is 20.9. The second-order valence-corrected chi connectivity index (χ2v) is 13.5. The van der Waals surface area contributed by atoms with Crippen molar-refractivity contribution in [3.63, 3.8) is 0 Å². The Bertz CT molecular complexity index is 1740. The fourth-order valence-electron chi connectivity index (χ4n) is 5.07. The Hall–Kier alpha value is -3.86. The summed E-state index contributed by atoms with van der Waals surface area (Å²) < 4.78 is 21.3. The number of unbranched alkanes of at least 4 members (excludes halogenated alkanes) is 5. The van der Waals surface area contributed by atoms with Gasteiger partial charge in [-0.3, -0.25) is 13.8 Å². The fourth-order valence-corrected chi connectivity index (χ4v) is 6.59. The summed E-state index contributed by atoms with van der Waals surface area (Å²) in [7, 11) is -1.62. The standard InChI is InChI=1S/C34H38ClN5O4S/c1-4-5-6-7-8-12-20-44-34(2,3)33(42)36-25-15-13-14-23(21-25)32(41)38-30-29(45(43)26-16-10-9-11-17-26)31-37-27-19-18-24(35)22-28(27)40(31)39-30/h9-11,13-19,21-22,29H,4-8,12,20H2,1-3H3,(H,36,42)(H,38,39,41). The maximum atomic E-state index is 13.8. The first kappa shape index (κ1) is 32.5. The molecule has 0 saturated carbocycles. The summed E-state index contributed by atoms with van der Waals surface area (Å²) in [6.07, 6.45) is 6.81. The Kier molecular flexibility index (Phi) is 10.5. The SMILES string of the molecule is CCCCCCCCOC(C)(C)C(=O)Nc1cccc(C(=O)NC2=Nn3c(nc4ccc(Cl)cc43)C2S(=O)c2ccccc2)c1. The van der Waals surface area contributed by atoms with Crippen LogP contribution in [0.5, 0.6) is 0 Å². The molecular weight excluding hydrogens is 610 g/mol. The van der Waals surface area contributed by atoms with Gasteiger partial charge in [-0.1, -0.05) is 74.9 Å². The van der Waals surface area contributed by atoms with Gasteiger partial charge in [0.05, 0.1) is 21.8 Å². The zero-order chi connectivity index (χ0) is 32.0. The number of benzene rings is 3. The van der Waals surface area contributed by atoms with E-state index in [0.29, 0.717) is 44.6 Å². The summed E-state index contributed by atoms with van der Waals surface area (Å²) in [5, 5.41) is 10.1. The topological polar surface area (TPSA) is 115 Å². The number of hydrogen-bond acceptors (Lipinski definition) is 6. The van der Waals surface area contributed by atoms with Gasteiger partial charge in [-0.05, 0) is 68.8 Å². The molecule has 5 rings (SSSR count). The van der Waals surface area contributed by atoms with Gasteiger partial charge in [-0.15, -0.1) is 0 Å². The minimum absolute atomic E-state index is 0.199. The Balaban J connectivity index is 1.29. The van der Waals surface area contributed by atoms with Crippen LogP contribution in [-0.2, 0) is 20.3 Å². The van der Waals surface area contributed by atoms with Gasteiger partial charge in [0.15, 0.2) is 16.9 Å². The van der Waals surface area contributed by atoms with Crippen molar-refractivity contribution in [2.75, 3.05) is 11.9 Å². The van der Waals surface area contributed by atoms with Crippen molar-refractivity contribution in [3.05, 3.63) is 89.2 Å². The number of imidazole rings is 1. The van der Waals surface area contributed by atoms with Gasteiger partial charge < -0.3 is 15.4 Å². The minimum atomic E-state index is -1.62. The predicted molar refractivity (Wildman–Crippen MR) is 179 cm³/mol. The highest BCUT2D eigenvalue weighted by Gasteiger charge is 2.38. The third-order valence-electron chi connectivity index (χ3n) is 7.63. The van der Waals surface area contributed by atoms with Crippen LogP contribution in [-0.4, -0.2) is 43.7 Å². The van der Waals surface area contributed by atoms with E-state index >= 15 is 0 Å². The van der Waals surface area contributed by atoms with Crippen LogP contribution >= 0.6 is 11.6 Å². The molecule has 3 aromatic carbocycles. The third kappa shape index (κ3) is 7.69. The molecule has 236 valence electrons. The van der Waals surface area contributed by atoms with Crippen molar-refractivity contribution < 1.29 is 18.5 Å². The number of hydrogen-bond donors (Lipinski definition) is 2. The number of aromatic nitrogens is 2. The summed E-state index contributed by atoms with van der Waals surface area (Å²) in [6.45, 7) is 6.17. The molecule has 0 aliphatic carbocycles. The van der Waals surface area contributed by atoms with E-state index < -0.39 is 27.6 Å². The number of anilines is 1. The molecule has 45 heavy (non-hydrogen) atoms. The van der Waals surface area contributed by atoms with Crippen molar-refractivity contribution in [2.45, 2.75) is 75.0 Å². The average molecular weight is 648 g/mol.